The number of hydrogen-bond donors (Lipinski definition) is 1. The minimum Gasteiger partial charge on any atom is -0.322 e. The second kappa shape index (κ2) is 7.87. The van der Waals surface area contributed by atoms with Gasteiger partial charge in [-0.2, -0.15) is 0 Å². The minimum absolute atomic E-state index is 0.0465. The summed E-state index contributed by atoms with van der Waals surface area (Å²) >= 11 is 1.23. The summed E-state index contributed by atoms with van der Waals surface area (Å²) in [5.41, 5.74) is -0.406. The quantitative estimate of drug-likeness (QED) is 0.704. The topological polar surface area (TPSA) is 73.1 Å². The van der Waals surface area contributed by atoms with Crippen LogP contribution in [-0.2, 0) is 17.9 Å². The number of benzene rings is 1. The molecule has 0 spiro atoms. The highest BCUT2D eigenvalue weighted by Crippen LogP contribution is 2.16. The van der Waals surface area contributed by atoms with Crippen LogP contribution in [0.15, 0.2) is 45.3 Å². The molecule has 142 valence electrons. The molecule has 1 amide bonds. The number of hydrogen-bond acceptors (Lipinski definition) is 4. The smallest absolute Gasteiger partial charge is 0.322 e. The van der Waals surface area contributed by atoms with Gasteiger partial charge in [-0.15, -0.1) is 11.3 Å². The minimum atomic E-state index is -0.555. The van der Waals surface area contributed by atoms with Crippen LogP contribution in [-0.4, -0.2) is 15.0 Å². The number of fused-ring (bicyclic) bond motifs is 1. The Morgan fingerprint density at radius 3 is 2.63 bits per heavy atom. The van der Waals surface area contributed by atoms with E-state index in [2.05, 4.69) is 5.32 Å². The van der Waals surface area contributed by atoms with E-state index < -0.39 is 17.4 Å². The molecule has 3 rings (SSSR count). The third kappa shape index (κ3) is 4.00. The summed E-state index contributed by atoms with van der Waals surface area (Å²) < 4.78 is 16.6. The summed E-state index contributed by atoms with van der Waals surface area (Å²) in [4.78, 5) is 37.8. The molecule has 0 atom stereocenters. The van der Waals surface area contributed by atoms with E-state index in [4.69, 9.17) is 0 Å². The molecular weight excluding hydrogens is 369 g/mol. The maximum atomic E-state index is 13.7. The Labute approximate surface area is 158 Å². The van der Waals surface area contributed by atoms with Crippen LogP contribution >= 0.6 is 11.3 Å². The van der Waals surface area contributed by atoms with Crippen molar-refractivity contribution in [2.24, 2.45) is 5.92 Å². The van der Waals surface area contributed by atoms with Crippen LogP contribution in [0.3, 0.4) is 0 Å². The summed E-state index contributed by atoms with van der Waals surface area (Å²) in [6, 6.07) is 7.46. The fraction of sp³-hybridized carbons (Fsp3) is 0.316. The first-order valence-electron chi connectivity index (χ1n) is 8.63. The van der Waals surface area contributed by atoms with Gasteiger partial charge in [0, 0.05) is 6.54 Å². The molecule has 8 heteroatoms. The number of halogens is 1. The Morgan fingerprint density at radius 1 is 1.19 bits per heavy atom. The lowest BCUT2D eigenvalue weighted by molar-refractivity contribution is -0.116. The second-order valence-corrected chi connectivity index (χ2v) is 7.59. The van der Waals surface area contributed by atoms with Gasteiger partial charge in [0.25, 0.3) is 5.56 Å². The van der Waals surface area contributed by atoms with Crippen LogP contribution in [0.5, 0.6) is 0 Å². The molecule has 1 aromatic carbocycles. The van der Waals surface area contributed by atoms with Crippen molar-refractivity contribution in [1.29, 1.82) is 0 Å². The van der Waals surface area contributed by atoms with E-state index in [1.807, 2.05) is 13.8 Å². The number of aromatic nitrogens is 2. The van der Waals surface area contributed by atoms with Crippen LogP contribution < -0.4 is 16.6 Å². The summed E-state index contributed by atoms with van der Waals surface area (Å²) in [5.74, 6) is -0.766. The van der Waals surface area contributed by atoms with Crippen molar-refractivity contribution >= 4 is 33.1 Å². The van der Waals surface area contributed by atoms with Gasteiger partial charge in [-0.25, -0.2) is 9.18 Å². The SMILES string of the molecule is CC(C)CCn1c(=O)c2sccc2n(CC(=O)Nc2ccccc2F)c1=O. The molecule has 2 heterocycles. The molecule has 0 aliphatic heterocycles. The largest absolute Gasteiger partial charge is 0.332 e. The predicted octanol–water partition coefficient (Wildman–Crippen LogP) is 3.05. The Balaban J connectivity index is 1.97. The number of thiophene rings is 1. The van der Waals surface area contributed by atoms with Crippen molar-refractivity contribution in [1.82, 2.24) is 9.13 Å². The van der Waals surface area contributed by atoms with Crippen LogP contribution in [0.2, 0.25) is 0 Å². The first-order chi connectivity index (χ1) is 12.9. The maximum absolute atomic E-state index is 13.7. The third-order valence-corrected chi connectivity index (χ3v) is 5.11. The number of nitrogens with zero attached hydrogens (tertiary/aromatic N) is 2. The zero-order valence-electron chi connectivity index (χ0n) is 15.1. The van der Waals surface area contributed by atoms with Gasteiger partial charge in [0.15, 0.2) is 0 Å². The van der Waals surface area contributed by atoms with E-state index in [-0.39, 0.29) is 24.3 Å². The standard InChI is InChI=1S/C19H20FN3O3S/c1-12(2)7-9-22-18(25)17-15(8-10-27-17)23(19(22)26)11-16(24)21-14-6-4-3-5-13(14)20/h3-6,8,10,12H,7,9,11H2,1-2H3,(H,21,24). The van der Waals surface area contributed by atoms with Crippen LogP contribution in [0.4, 0.5) is 10.1 Å². The molecule has 0 aliphatic rings. The van der Waals surface area contributed by atoms with Crippen LogP contribution in [0, 0.1) is 11.7 Å². The van der Waals surface area contributed by atoms with Crippen LogP contribution in [0.25, 0.3) is 10.2 Å². The molecule has 1 N–H and O–H groups in total. The number of carbonyl (C=O) groups is 1. The van der Waals surface area contributed by atoms with Gasteiger partial charge in [-0.3, -0.25) is 18.7 Å². The lowest BCUT2D eigenvalue weighted by Gasteiger charge is -2.13. The molecule has 0 fully saturated rings. The highest BCUT2D eigenvalue weighted by atomic mass is 32.1. The van der Waals surface area contributed by atoms with Crippen molar-refractivity contribution in [3.05, 3.63) is 62.4 Å². The molecule has 6 nitrogen and oxygen atoms in total. The lowest BCUT2D eigenvalue weighted by atomic mass is 10.1. The maximum Gasteiger partial charge on any atom is 0.332 e. The van der Waals surface area contributed by atoms with Gasteiger partial charge in [0.1, 0.15) is 17.1 Å². The zero-order chi connectivity index (χ0) is 19.6. The van der Waals surface area contributed by atoms with Gasteiger partial charge in [-0.05, 0) is 35.9 Å². The molecule has 0 saturated heterocycles. The van der Waals surface area contributed by atoms with E-state index in [1.54, 1.807) is 17.5 Å². The van der Waals surface area contributed by atoms with Crippen LogP contribution in [0.1, 0.15) is 20.3 Å². The van der Waals surface area contributed by atoms with E-state index in [0.717, 1.165) is 0 Å². The first kappa shape index (κ1) is 19.0. The Bertz CT molecular complexity index is 1100. The number of para-hydroxylation sites is 1. The fourth-order valence-corrected chi connectivity index (χ4v) is 3.61. The van der Waals surface area contributed by atoms with Crippen molar-refractivity contribution < 1.29 is 9.18 Å². The van der Waals surface area contributed by atoms with Crippen molar-refractivity contribution in [3.8, 4) is 0 Å². The van der Waals surface area contributed by atoms with Crippen molar-refractivity contribution in [2.75, 3.05) is 5.32 Å². The number of carbonyl (C=O) groups excluding carboxylic acids is 1. The fourth-order valence-electron chi connectivity index (χ4n) is 2.77. The first-order valence-corrected chi connectivity index (χ1v) is 9.51. The van der Waals surface area contributed by atoms with Crippen molar-refractivity contribution in [2.45, 2.75) is 33.4 Å². The predicted molar refractivity (Wildman–Crippen MR) is 105 cm³/mol. The third-order valence-electron chi connectivity index (χ3n) is 4.22. The summed E-state index contributed by atoms with van der Waals surface area (Å²) in [5, 5.41) is 4.18. The Kier molecular flexibility index (Phi) is 5.55. The monoisotopic (exact) mass is 389 g/mol. The summed E-state index contributed by atoms with van der Waals surface area (Å²) in [6.45, 7) is 4.00. The molecule has 0 unspecified atom stereocenters. The zero-order valence-corrected chi connectivity index (χ0v) is 15.9. The molecule has 0 saturated carbocycles. The Morgan fingerprint density at radius 2 is 1.93 bits per heavy atom. The van der Waals surface area contributed by atoms with E-state index in [1.165, 1.54) is 38.7 Å². The molecule has 0 aliphatic carbocycles. The van der Waals surface area contributed by atoms with E-state index in [0.29, 0.717) is 22.6 Å². The molecule has 0 radical (unpaired) electrons. The number of nitrogens with one attached hydrogen (secondary N) is 1. The Hall–Kier alpha value is -2.74. The highest BCUT2D eigenvalue weighted by molar-refractivity contribution is 7.17. The van der Waals surface area contributed by atoms with Gasteiger partial charge in [0.2, 0.25) is 5.91 Å². The van der Waals surface area contributed by atoms with Crippen molar-refractivity contribution in [3.63, 3.8) is 0 Å². The number of anilines is 1. The molecular formula is C19H20FN3O3S. The van der Waals surface area contributed by atoms with E-state index >= 15 is 0 Å². The number of rotatable bonds is 6. The lowest BCUT2D eigenvalue weighted by Crippen LogP contribution is -2.41. The van der Waals surface area contributed by atoms with Gasteiger partial charge in [0.05, 0.1) is 11.2 Å². The molecule has 27 heavy (non-hydrogen) atoms. The highest BCUT2D eigenvalue weighted by Gasteiger charge is 2.17. The van der Waals surface area contributed by atoms with Gasteiger partial charge in [-0.1, -0.05) is 26.0 Å². The van der Waals surface area contributed by atoms with E-state index in [9.17, 15) is 18.8 Å². The summed E-state index contributed by atoms with van der Waals surface area (Å²) in [6.07, 6.45) is 0.674. The normalized spacial score (nSPS) is 11.3. The molecule has 0 bridgehead atoms. The van der Waals surface area contributed by atoms with Gasteiger partial charge >= 0.3 is 5.69 Å². The van der Waals surface area contributed by atoms with Gasteiger partial charge < -0.3 is 5.32 Å². The average Bonchev–Trinajstić information content (AvgIpc) is 3.10. The summed E-state index contributed by atoms with van der Waals surface area (Å²) in [7, 11) is 0. The molecule has 2 aromatic heterocycles. The second-order valence-electron chi connectivity index (χ2n) is 6.67. The average molecular weight is 389 g/mol. The number of amides is 1. The molecule has 3 aromatic rings.